The van der Waals surface area contributed by atoms with Gasteiger partial charge in [0.2, 0.25) is 5.95 Å². The zero-order valence-electron chi connectivity index (χ0n) is 21.5. The number of hydrogen-bond donors (Lipinski definition) is 1. The molecule has 0 aliphatic rings. The van der Waals surface area contributed by atoms with Crippen molar-refractivity contribution in [1.29, 1.82) is 0 Å². The highest BCUT2D eigenvalue weighted by Crippen LogP contribution is 2.30. The van der Waals surface area contributed by atoms with Crippen LogP contribution >= 0.6 is 0 Å². The summed E-state index contributed by atoms with van der Waals surface area (Å²) >= 11 is 0. The standard InChI is InChI=1S/C27H28FN5O4.CH4/c1-26(2,3)36-24(34)32-22-10-7-17(14-30-22)18-8-9-19(31-23(18)28)20-13-16-11-12-29-15-21(16)33(20)25(35)37-27(4,5)6;/h7-15H,1-6H3,(H,30,32,34);1H4. The Kier molecular flexibility index (Phi) is 7.85. The predicted molar refractivity (Wildman–Crippen MR) is 144 cm³/mol. The molecular formula is C28H32FN5O4. The van der Waals surface area contributed by atoms with E-state index >= 15 is 4.39 Å². The largest absolute Gasteiger partial charge is 0.444 e. The van der Waals surface area contributed by atoms with Crippen molar-refractivity contribution in [3.8, 4) is 22.5 Å². The van der Waals surface area contributed by atoms with Gasteiger partial charge in [0.05, 0.1) is 23.1 Å². The highest BCUT2D eigenvalue weighted by molar-refractivity contribution is 5.95. The third-order valence-corrected chi connectivity index (χ3v) is 5.00. The van der Waals surface area contributed by atoms with Gasteiger partial charge in [0, 0.05) is 28.9 Å². The van der Waals surface area contributed by atoms with Gasteiger partial charge in [-0.2, -0.15) is 4.39 Å². The van der Waals surface area contributed by atoms with Gasteiger partial charge in [0.15, 0.2) is 0 Å². The first-order chi connectivity index (χ1) is 17.3. The molecule has 0 unspecified atom stereocenters. The van der Waals surface area contributed by atoms with Gasteiger partial charge < -0.3 is 9.47 Å². The highest BCUT2D eigenvalue weighted by atomic mass is 19.1. The summed E-state index contributed by atoms with van der Waals surface area (Å²) in [5.74, 6) is -0.482. The minimum atomic E-state index is -0.744. The van der Waals surface area contributed by atoms with Gasteiger partial charge in [-0.25, -0.2) is 24.1 Å². The van der Waals surface area contributed by atoms with Gasteiger partial charge in [0.25, 0.3) is 0 Å². The highest BCUT2D eigenvalue weighted by Gasteiger charge is 2.24. The van der Waals surface area contributed by atoms with Crippen LogP contribution in [0.1, 0.15) is 49.0 Å². The minimum absolute atomic E-state index is 0. The van der Waals surface area contributed by atoms with E-state index in [-0.39, 0.29) is 24.5 Å². The van der Waals surface area contributed by atoms with Crippen LogP contribution in [0.15, 0.2) is 55.0 Å². The Labute approximate surface area is 221 Å². The molecule has 0 radical (unpaired) electrons. The van der Waals surface area contributed by atoms with Crippen LogP contribution in [0, 0.1) is 5.95 Å². The SMILES string of the molecule is C.CC(C)(C)OC(=O)Nc1ccc(-c2ccc(-c3cc4ccncc4n3C(=O)OC(C)(C)C)nc2F)cn1. The third-order valence-electron chi connectivity index (χ3n) is 5.00. The van der Waals surface area contributed by atoms with Gasteiger partial charge in [-0.15, -0.1) is 0 Å². The smallest absolute Gasteiger partial charge is 0.419 e. The lowest BCUT2D eigenvalue weighted by Gasteiger charge is -2.20. The molecule has 9 nitrogen and oxygen atoms in total. The molecule has 0 bridgehead atoms. The van der Waals surface area contributed by atoms with E-state index in [0.29, 0.717) is 16.8 Å². The number of aromatic nitrogens is 4. The summed E-state index contributed by atoms with van der Waals surface area (Å²) in [5.41, 5.74) is 0.441. The number of carbonyl (C=O) groups excluding carboxylic acids is 2. The van der Waals surface area contributed by atoms with Crippen LogP contribution in [0.4, 0.5) is 19.8 Å². The second-order valence-electron chi connectivity index (χ2n) is 10.4. The number of pyridine rings is 3. The van der Waals surface area contributed by atoms with Crippen molar-refractivity contribution in [2.45, 2.75) is 60.2 Å². The molecule has 0 aromatic carbocycles. The zero-order valence-corrected chi connectivity index (χ0v) is 21.5. The van der Waals surface area contributed by atoms with E-state index in [4.69, 9.17) is 9.47 Å². The lowest BCUT2D eigenvalue weighted by Crippen LogP contribution is -2.27. The molecule has 0 atom stereocenters. The Balaban J connectivity index is 0.00000400. The normalized spacial score (nSPS) is 11.6. The molecule has 38 heavy (non-hydrogen) atoms. The molecule has 10 heteroatoms. The van der Waals surface area contributed by atoms with Crippen LogP contribution in [0.2, 0.25) is 0 Å². The predicted octanol–water partition coefficient (Wildman–Crippen LogP) is 7.07. The first kappa shape index (κ1) is 28.2. The first-order valence-electron chi connectivity index (χ1n) is 11.6. The van der Waals surface area contributed by atoms with Crippen molar-refractivity contribution in [2.24, 2.45) is 0 Å². The van der Waals surface area contributed by atoms with Gasteiger partial charge in [-0.1, -0.05) is 7.43 Å². The molecule has 0 fully saturated rings. The Hall–Kier alpha value is -4.34. The summed E-state index contributed by atoms with van der Waals surface area (Å²) in [7, 11) is 0. The van der Waals surface area contributed by atoms with Crippen molar-refractivity contribution in [1.82, 2.24) is 19.5 Å². The number of hydrogen-bond acceptors (Lipinski definition) is 7. The molecule has 1 N–H and O–H groups in total. The number of anilines is 1. The lowest BCUT2D eigenvalue weighted by molar-refractivity contribution is 0.0545. The summed E-state index contributed by atoms with van der Waals surface area (Å²) < 4.78 is 27.3. The van der Waals surface area contributed by atoms with E-state index < -0.39 is 29.3 Å². The third kappa shape index (κ3) is 6.50. The summed E-state index contributed by atoms with van der Waals surface area (Å²) in [6, 6.07) is 9.83. The van der Waals surface area contributed by atoms with Gasteiger partial charge in [-0.05, 0) is 77.9 Å². The van der Waals surface area contributed by atoms with Crippen LogP contribution in [0.25, 0.3) is 33.4 Å². The number of ether oxygens (including phenoxy) is 2. The second kappa shape index (κ2) is 10.6. The number of halogens is 1. The van der Waals surface area contributed by atoms with Crippen LogP contribution in [0.5, 0.6) is 0 Å². The van der Waals surface area contributed by atoms with Gasteiger partial charge in [-0.3, -0.25) is 10.3 Å². The fraction of sp³-hybridized carbons (Fsp3) is 0.321. The summed E-state index contributed by atoms with van der Waals surface area (Å²) in [4.78, 5) is 37.4. The van der Waals surface area contributed by atoms with Crippen LogP contribution < -0.4 is 5.32 Å². The molecule has 0 aliphatic carbocycles. The number of nitrogens with one attached hydrogen (secondary N) is 1. The molecule has 0 aliphatic heterocycles. The van der Waals surface area contributed by atoms with E-state index in [9.17, 15) is 9.59 Å². The maximum atomic E-state index is 15.2. The molecule has 1 amide bonds. The second-order valence-corrected chi connectivity index (χ2v) is 10.4. The lowest BCUT2D eigenvalue weighted by atomic mass is 10.1. The fourth-order valence-electron chi connectivity index (χ4n) is 3.57. The maximum Gasteiger partial charge on any atom is 0.419 e. The average molecular weight is 522 g/mol. The van der Waals surface area contributed by atoms with E-state index in [0.717, 1.165) is 5.39 Å². The van der Waals surface area contributed by atoms with Crippen LogP contribution in [0.3, 0.4) is 0 Å². The average Bonchev–Trinajstić information content (AvgIpc) is 3.17. The molecular weight excluding hydrogens is 489 g/mol. The van der Waals surface area contributed by atoms with Crippen LogP contribution in [-0.4, -0.2) is 42.9 Å². The summed E-state index contributed by atoms with van der Waals surface area (Å²) in [6.45, 7) is 10.6. The quantitative estimate of drug-likeness (QED) is 0.287. The molecule has 200 valence electrons. The molecule has 0 saturated carbocycles. The number of carbonyl (C=O) groups is 2. The summed E-state index contributed by atoms with van der Waals surface area (Å²) in [5, 5.41) is 3.27. The van der Waals surface area contributed by atoms with Crippen molar-refractivity contribution >= 4 is 28.9 Å². The fourth-order valence-corrected chi connectivity index (χ4v) is 3.57. The molecule has 4 aromatic heterocycles. The van der Waals surface area contributed by atoms with Gasteiger partial charge in [0.1, 0.15) is 17.0 Å². The van der Waals surface area contributed by atoms with E-state index in [1.165, 1.54) is 10.8 Å². The Morgan fingerprint density at radius 3 is 2.26 bits per heavy atom. The minimum Gasteiger partial charge on any atom is -0.444 e. The van der Waals surface area contributed by atoms with E-state index in [1.54, 1.807) is 90.3 Å². The van der Waals surface area contributed by atoms with E-state index in [2.05, 4.69) is 20.3 Å². The number of fused-ring (bicyclic) bond motifs is 1. The summed E-state index contributed by atoms with van der Waals surface area (Å²) in [6.07, 6.45) is 3.33. The van der Waals surface area contributed by atoms with Crippen molar-refractivity contribution in [2.75, 3.05) is 5.32 Å². The number of nitrogens with zero attached hydrogens (tertiary/aromatic N) is 4. The van der Waals surface area contributed by atoms with Crippen molar-refractivity contribution in [3.63, 3.8) is 0 Å². The molecule has 4 aromatic rings. The monoisotopic (exact) mass is 521 g/mol. The molecule has 4 heterocycles. The van der Waals surface area contributed by atoms with Crippen LogP contribution in [-0.2, 0) is 9.47 Å². The first-order valence-corrected chi connectivity index (χ1v) is 11.6. The van der Waals surface area contributed by atoms with E-state index in [1.807, 2.05) is 0 Å². The number of amides is 1. The maximum absolute atomic E-state index is 15.2. The zero-order chi connectivity index (χ0) is 27.0. The topological polar surface area (TPSA) is 108 Å². The van der Waals surface area contributed by atoms with Crippen molar-refractivity contribution in [3.05, 3.63) is 60.9 Å². The Bertz CT molecular complexity index is 1470. The molecule has 4 rings (SSSR count). The Morgan fingerprint density at radius 2 is 1.66 bits per heavy atom. The number of rotatable bonds is 3. The molecule has 0 spiro atoms. The van der Waals surface area contributed by atoms with Gasteiger partial charge >= 0.3 is 12.2 Å². The Morgan fingerprint density at radius 1 is 0.947 bits per heavy atom. The molecule has 0 saturated heterocycles. The van der Waals surface area contributed by atoms with Crippen molar-refractivity contribution < 1.29 is 23.5 Å².